The number of aryl methyl sites for hydroxylation is 1. The van der Waals surface area contributed by atoms with Crippen molar-refractivity contribution in [2.75, 3.05) is 26.1 Å². The van der Waals surface area contributed by atoms with Crippen molar-refractivity contribution < 1.29 is 23.9 Å². The quantitative estimate of drug-likeness (QED) is 0.620. The first-order valence-electron chi connectivity index (χ1n) is 8.47. The van der Waals surface area contributed by atoms with Crippen molar-refractivity contribution in [3.8, 4) is 0 Å². The summed E-state index contributed by atoms with van der Waals surface area (Å²) in [6.45, 7) is 4.83. The number of H-pyrrole nitrogens is 1. The number of anilines is 1. The summed E-state index contributed by atoms with van der Waals surface area (Å²) in [6.07, 6.45) is -1.01. The van der Waals surface area contributed by atoms with Crippen LogP contribution in [0, 0.1) is 13.8 Å². The number of ketones is 1. The van der Waals surface area contributed by atoms with E-state index in [4.69, 9.17) is 9.47 Å². The normalized spacial score (nSPS) is 11.6. The molecule has 0 spiro atoms. The molecule has 27 heavy (non-hydrogen) atoms. The van der Waals surface area contributed by atoms with E-state index in [0.717, 1.165) is 5.69 Å². The molecule has 2 aromatic rings. The van der Waals surface area contributed by atoms with E-state index in [1.807, 2.05) is 25.1 Å². The first-order chi connectivity index (χ1) is 12.7. The van der Waals surface area contributed by atoms with Crippen molar-refractivity contribution >= 4 is 23.4 Å². The van der Waals surface area contributed by atoms with Crippen LogP contribution in [0.1, 0.15) is 49.4 Å². The zero-order valence-corrected chi connectivity index (χ0v) is 16.4. The van der Waals surface area contributed by atoms with E-state index in [2.05, 4.69) is 4.98 Å². The van der Waals surface area contributed by atoms with E-state index in [-0.39, 0.29) is 5.69 Å². The first-order valence-corrected chi connectivity index (χ1v) is 8.47. The number of hydrogen-bond acceptors (Lipinski definition) is 6. The van der Waals surface area contributed by atoms with Crippen LogP contribution in [0.2, 0.25) is 0 Å². The van der Waals surface area contributed by atoms with Crippen molar-refractivity contribution in [2.45, 2.75) is 26.9 Å². The molecule has 0 radical (unpaired) electrons. The molecule has 0 amide bonds. The maximum Gasteiger partial charge on any atom is 0.339 e. The summed E-state index contributed by atoms with van der Waals surface area (Å²) >= 11 is 0. The van der Waals surface area contributed by atoms with Gasteiger partial charge in [0.1, 0.15) is 0 Å². The second-order valence-corrected chi connectivity index (χ2v) is 6.47. The van der Waals surface area contributed by atoms with Crippen LogP contribution in [0.4, 0.5) is 5.69 Å². The Balaban J connectivity index is 2.20. The molecule has 2 rings (SSSR count). The van der Waals surface area contributed by atoms with Gasteiger partial charge in [-0.25, -0.2) is 9.59 Å². The minimum absolute atomic E-state index is 0.232. The molecule has 1 N–H and O–H groups in total. The van der Waals surface area contributed by atoms with Crippen LogP contribution in [-0.4, -0.2) is 50.0 Å². The molecule has 7 nitrogen and oxygen atoms in total. The predicted molar refractivity (Wildman–Crippen MR) is 102 cm³/mol. The Labute approximate surface area is 158 Å². The standard InChI is InChI=1S/C20H24N2O5/c1-11-16(20(25)26-6)12(2)21-17(11)18(23)13(3)27-19(24)14-8-7-9-15(10-14)22(4)5/h7-10,13,21H,1-6H3/t13-/m1/s1. The molecule has 0 unspecified atom stereocenters. The lowest BCUT2D eigenvalue weighted by Crippen LogP contribution is -2.25. The van der Waals surface area contributed by atoms with E-state index in [0.29, 0.717) is 22.4 Å². The van der Waals surface area contributed by atoms with Gasteiger partial charge in [0.25, 0.3) is 0 Å². The van der Waals surface area contributed by atoms with Crippen LogP contribution in [-0.2, 0) is 9.47 Å². The second-order valence-electron chi connectivity index (χ2n) is 6.47. The van der Waals surface area contributed by atoms with Crippen molar-refractivity contribution in [1.82, 2.24) is 4.98 Å². The molecule has 0 saturated carbocycles. The van der Waals surface area contributed by atoms with Crippen LogP contribution in [0.3, 0.4) is 0 Å². The Morgan fingerprint density at radius 2 is 1.78 bits per heavy atom. The molecule has 1 aromatic heterocycles. The maximum absolute atomic E-state index is 12.7. The molecule has 7 heteroatoms. The molecule has 144 valence electrons. The number of nitrogens with one attached hydrogen (secondary N) is 1. The summed E-state index contributed by atoms with van der Waals surface area (Å²) in [5.74, 6) is -1.53. The number of esters is 2. The number of methoxy groups -OCH3 is 1. The Hall–Kier alpha value is -3.09. The number of carbonyl (C=O) groups excluding carboxylic acids is 3. The van der Waals surface area contributed by atoms with Gasteiger partial charge in [-0.2, -0.15) is 0 Å². The van der Waals surface area contributed by atoms with Crippen LogP contribution in [0.5, 0.6) is 0 Å². The fraction of sp³-hybridized carbons (Fsp3) is 0.350. The zero-order valence-electron chi connectivity index (χ0n) is 16.4. The van der Waals surface area contributed by atoms with Crippen LogP contribution in [0.15, 0.2) is 24.3 Å². The lowest BCUT2D eigenvalue weighted by atomic mass is 10.1. The van der Waals surface area contributed by atoms with Gasteiger partial charge >= 0.3 is 11.9 Å². The smallest absolute Gasteiger partial charge is 0.339 e. The van der Waals surface area contributed by atoms with E-state index < -0.39 is 23.8 Å². The van der Waals surface area contributed by atoms with E-state index >= 15 is 0 Å². The van der Waals surface area contributed by atoms with Crippen LogP contribution < -0.4 is 4.90 Å². The molecule has 0 fully saturated rings. The number of aromatic nitrogens is 1. The lowest BCUT2D eigenvalue weighted by Gasteiger charge is -2.15. The average Bonchev–Trinajstić information content (AvgIpc) is 2.94. The van der Waals surface area contributed by atoms with Crippen molar-refractivity contribution in [1.29, 1.82) is 0 Å². The molecule has 0 aliphatic rings. The van der Waals surface area contributed by atoms with E-state index in [1.54, 1.807) is 32.0 Å². The van der Waals surface area contributed by atoms with Gasteiger partial charge in [-0.3, -0.25) is 4.79 Å². The number of carbonyl (C=O) groups is 3. The summed E-state index contributed by atoms with van der Waals surface area (Å²) in [6, 6.07) is 6.94. The number of hydrogen-bond donors (Lipinski definition) is 1. The highest BCUT2D eigenvalue weighted by atomic mass is 16.5. The Kier molecular flexibility index (Phi) is 6.05. The van der Waals surface area contributed by atoms with Crippen molar-refractivity contribution in [2.24, 2.45) is 0 Å². The van der Waals surface area contributed by atoms with Gasteiger partial charge in [-0.05, 0) is 44.5 Å². The highest BCUT2D eigenvalue weighted by Gasteiger charge is 2.27. The molecule has 0 aliphatic carbocycles. The highest BCUT2D eigenvalue weighted by Crippen LogP contribution is 2.21. The van der Waals surface area contributed by atoms with Gasteiger partial charge in [-0.15, -0.1) is 0 Å². The number of benzene rings is 1. The van der Waals surface area contributed by atoms with Gasteiger partial charge in [0, 0.05) is 25.5 Å². The molecule has 1 atom stereocenters. The monoisotopic (exact) mass is 372 g/mol. The summed E-state index contributed by atoms with van der Waals surface area (Å²) in [5, 5.41) is 0. The fourth-order valence-corrected chi connectivity index (χ4v) is 2.80. The number of nitrogens with zero attached hydrogens (tertiary/aromatic N) is 1. The summed E-state index contributed by atoms with van der Waals surface area (Å²) in [4.78, 5) is 41.7. The molecule has 0 aliphatic heterocycles. The Morgan fingerprint density at radius 1 is 1.11 bits per heavy atom. The van der Waals surface area contributed by atoms with Crippen molar-refractivity contribution in [3.63, 3.8) is 0 Å². The highest BCUT2D eigenvalue weighted by molar-refractivity contribution is 6.04. The predicted octanol–water partition coefficient (Wildman–Crippen LogP) is 2.91. The molecule has 0 bridgehead atoms. The Morgan fingerprint density at radius 3 is 2.37 bits per heavy atom. The maximum atomic E-state index is 12.7. The number of Topliss-reactive ketones (excluding diaryl/α,β-unsaturated/α-hetero) is 1. The number of rotatable bonds is 6. The molecular weight excluding hydrogens is 348 g/mol. The Bertz CT molecular complexity index is 882. The van der Waals surface area contributed by atoms with Gasteiger partial charge in [0.2, 0.25) is 5.78 Å². The summed E-state index contributed by atoms with van der Waals surface area (Å²) in [7, 11) is 5.01. The molecule has 0 saturated heterocycles. The van der Waals surface area contributed by atoms with Crippen molar-refractivity contribution in [3.05, 3.63) is 52.3 Å². The molecule has 1 heterocycles. The average molecular weight is 372 g/mol. The minimum Gasteiger partial charge on any atom is -0.465 e. The second kappa shape index (κ2) is 8.07. The first kappa shape index (κ1) is 20.2. The van der Waals surface area contributed by atoms with Crippen LogP contribution >= 0.6 is 0 Å². The van der Waals surface area contributed by atoms with Crippen LogP contribution in [0.25, 0.3) is 0 Å². The summed E-state index contributed by atoms with van der Waals surface area (Å²) in [5.41, 5.74) is 2.76. The van der Waals surface area contributed by atoms with Gasteiger partial charge in [-0.1, -0.05) is 6.07 Å². The molecule has 1 aromatic carbocycles. The van der Waals surface area contributed by atoms with Gasteiger partial charge < -0.3 is 19.4 Å². The summed E-state index contributed by atoms with van der Waals surface area (Å²) < 4.78 is 10.1. The number of aromatic amines is 1. The third-order valence-electron chi connectivity index (χ3n) is 4.32. The zero-order chi connectivity index (χ0) is 20.3. The third-order valence-corrected chi connectivity index (χ3v) is 4.32. The van der Waals surface area contributed by atoms with Gasteiger partial charge in [0.15, 0.2) is 6.10 Å². The SMILES string of the molecule is COC(=O)c1c(C)[nH]c(C(=O)[C@@H](C)OC(=O)c2cccc(N(C)C)c2)c1C. The topological polar surface area (TPSA) is 88.7 Å². The van der Waals surface area contributed by atoms with E-state index in [9.17, 15) is 14.4 Å². The van der Waals surface area contributed by atoms with E-state index in [1.165, 1.54) is 14.0 Å². The van der Waals surface area contributed by atoms with Gasteiger partial charge in [0.05, 0.1) is 23.9 Å². The molecular formula is C20H24N2O5. The third kappa shape index (κ3) is 4.19. The largest absolute Gasteiger partial charge is 0.465 e. The minimum atomic E-state index is -1.01. The lowest BCUT2D eigenvalue weighted by molar-refractivity contribution is 0.0317. The number of ether oxygens (including phenoxy) is 2. The fourth-order valence-electron chi connectivity index (χ4n) is 2.80.